The number of ketones is 1. The van der Waals surface area contributed by atoms with Crippen LogP contribution in [0.15, 0.2) is 18.2 Å². The van der Waals surface area contributed by atoms with Crippen LogP contribution in [0.1, 0.15) is 30.0 Å². The fourth-order valence-corrected chi connectivity index (χ4v) is 1.86. The van der Waals surface area contributed by atoms with Gasteiger partial charge in [-0.15, -0.1) is 0 Å². The highest BCUT2D eigenvalue weighted by atomic mass is 16.3. The molecular weight excluding hydrogens is 228 g/mol. The Hall–Kier alpha value is -1.23. The van der Waals surface area contributed by atoms with Crippen molar-refractivity contribution in [2.45, 2.75) is 39.5 Å². The van der Waals surface area contributed by atoms with Gasteiger partial charge in [0.05, 0.1) is 0 Å². The van der Waals surface area contributed by atoms with Gasteiger partial charge in [0.2, 0.25) is 0 Å². The molecule has 1 aromatic rings. The van der Waals surface area contributed by atoms with Crippen molar-refractivity contribution in [3.8, 4) is 0 Å². The van der Waals surface area contributed by atoms with Crippen molar-refractivity contribution < 1.29 is 9.90 Å². The Morgan fingerprint density at radius 3 is 2.78 bits per heavy atom. The molecule has 1 unspecified atom stereocenters. The summed E-state index contributed by atoms with van der Waals surface area (Å²) in [5.41, 5.74) is 8.57. The first-order chi connectivity index (χ1) is 8.52. The molecule has 0 aliphatic carbocycles. The molecule has 1 aromatic carbocycles. The van der Waals surface area contributed by atoms with E-state index in [1.165, 1.54) is 11.1 Å². The fourth-order valence-electron chi connectivity index (χ4n) is 1.86. The van der Waals surface area contributed by atoms with Gasteiger partial charge in [0.25, 0.3) is 0 Å². The molecule has 0 amide bonds. The van der Waals surface area contributed by atoms with Crippen LogP contribution in [0.5, 0.6) is 0 Å². The van der Waals surface area contributed by atoms with Gasteiger partial charge < -0.3 is 16.2 Å². The van der Waals surface area contributed by atoms with Gasteiger partial charge in [-0.2, -0.15) is 0 Å². The third kappa shape index (κ3) is 4.96. The average Bonchev–Trinajstić information content (AvgIpc) is 2.26. The van der Waals surface area contributed by atoms with Crippen LogP contribution in [0.2, 0.25) is 0 Å². The standard InChI is InChI=1S/C14H22N2O2/c1-3-16-9-12-5-4-11(6-10(12)2)7-13(17)8-14(15)18/h4-6,14,16,18H,3,7-9,15H2,1-2H3. The van der Waals surface area contributed by atoms with E-state index < -0.39 is 6.23 Å². The Morgan fingerprint density at radius 1 is 1.50 bits per heavy atom. The van der Waals surface area contributed by atoms with Gasteiger partial charge in [-0.1, -0.05) is 25.1 Å². The average molecular weight is 250 g/mol. The van der Waals surface area contributed by atoms with Gasteiger partial charge in [-0.25, -0.2) is 0 Å². The molecule has 0 saturated heterocycles. The molecule has 0 spiro atoms. The number of carbonyl (C=O) groups is 1. The predicted octanol–water partition coefficient (Wildman–Crippen LogP) is 0.883. The van der Waals surface area contributed by atoms with E-state index in [0.717, 1.165) is 18.7 Å². The van der Waals surface area contributed by atoms with Crippen molar-refractivity contribution in [2.24, 2.45) is 5.73 Å². The first kappa shape index (κ1) is 14.8. The molecule has 0 aromatic heterocycles. The summed E-state index contributed by atoms with van der Waals surface area (Å²) in [6, 6.07) is 6.02. The van der Waals surface area contributed by atoms with Crippen LogP contribution in [-0.4, -0.2) is 23.7 Å². The van der Waals surface area contributed by atoms with Crippen molar-refractivity contribution >= 4 is 5.78 Å². The van der Waals surface area contributed by atoms with Crippen LogP contribution < -0.4 is 11.1 Å². The third-order valence-electron chi connectivity index (χ3n) is 2.81. The summed E-state index contributed by atoms with van der Waals surface area (Å²) in [5.74, 6) is -0.0381. The molecule has 100 valence electrons. The van der Waals surface area contributed by atoms with E-state index in [9.17, 15) is 4.79 Å². The molecular formula is C14H22N2O2. The van der Waals surface area contributed by atoms with Crippen molar-refractivity contribution in [1.29, 1.82) is 0 Å². The Labute approximate surface area is 108 Å². The molecule has 0 aliphatic heterocycles. The molecule has 18 heavy (non-hydrogen) atoms. The van der Waals surface area contributed by atoms with E-state index in [1.54, 1.807) is 0 Å². The van der Waals surface area contributed by atoms with E-state index >= 15 is 0 Å². The van der Waals surface area contributed by atoms with Crippen LogP contribution in [0.25, 0.3) is 0 Å². The summed E-state index contributed by atoms with van der Waals surface area (Å²) >= 11 is 0. The SMILES string of the molecule is CCNCc1ccc(CC(=O)CC(N)O)cc1C. The van der Waals surface area contributed by atoms with Crippen molar-refractivity contribution in [1.82, 2.24) is 5.32 Å². The number of aliphatic hydroxyl groups excluding tert-OH is 1. The monoisotopic (exact) mass is 250 g/mol. The van der Waals surface area contributed by atoms with Crippen LogP contribution in [-0.2, 0) is 17.8 Å². The van der Waals surface area contributed by atoms with E-state index in [1.807, 2.05) is 25.1 Å². The maximum Gasteiger partial charge on any atom is 0.141 e. The summed E-state index contributed by atoms with van der Waals surface area (Å²) < 4.78 is 0. The van der Waals surface area contributed by atoms with Gasteiger partial charge in [-0.3, -0.25) is 4.79 Å². The normalized spacial score (nSPS) is 12.4. The second kappa shape index (κ2) is 7.26. The number of aliphatic hydroxyl groups is 1. The Bertz CT molecular complexity index is 403. The maximum absolute atomic E-state index is 11.5. The number of Topliss-reactive ketones (excluding diaryl/α,β-unsaturated/α-hetero) is 1. The summed E-state index contributed by atoms with van der Waals surface area (Å²) in [5, 5.41) is 12.2. The Balaban J connectivity index is 2.63. The van der Waals surface area contributed by atoms with Gasteiger partial charge >= 0.3 is 0 Å². The lowest BCUT2D eigenvalue weighted by atomic mass is 10.0. The number of hydrogen-bond acceptors (Lipinski definition) is 4. The van der Waals surface area contributed by atoms with Gasteiger partial charge in [0.15, 0.2) is 0 Å². The summed E-state index contributed by atoms with van der Waals surface area (Å²) in [4.78, 5) is 11.5. The Morgan fingerprint density at radius 2 is 2.22 bits per heavy atom. The van der Waals surface area contributed by atoms with E-state index in [-0.39, 0.29) is 12.2 Å². The van der Waals surface area contributed by atoms with Crippen molar-refractivity contribution in [2.75, 3.05) is 6.54 Å². The lowest BCUT2D eigenvalue weighted by Crippen LogP contribution is -2.23. The minimum atomic E-state index is -1.05. The number of rotatable bonds is 7. The second-order valence-electron chi connectivity index (χ2n) is 4.53. The molecule has 1 atom stereocenters. The lowest BCUT2D eigenvalue weighted by Gasteiger charge is -2.09. The zero-order valence-electron chi connectivity index (χ0n) is 11.1. The number of nitrogens with one attached hydrogen (secondary N) is 1. The maximum atomic E-state index is 11.5. The number of carbonyl (C=O) groups excluding carboxylic acids is 1. The van der Waals surface area contributed by atoms with Crippen LogP contribution in [0.4, 0.5) is 0 Å². The molecule has 4 heteroatoms. The molecule has 1 rings (SSSR count). The highest BCUT2D eigenvalue weighted by Crippen LogP contribution is 2.12. The predicted molar refractivity (Wildman–Crippen MR) is 72.1 cm³/mol. The van der Waals surface area contributed by atoms with Gasteiger partial charge in [-0.05, 0) is 30.2 Å². The molecule has 4 N–H and O–H groups in total. The summed E-state index contributed by atoms with van der Waals surface area (Å²) in [7, 11) is 0. The Kier molecular flexibility index (Phi) is 5.98. The zero-order chi connectivity index (χ0) is 13.5. The molecule has 0 heterocycles. The molecule has 0 fully saturated rings. The largest absolute Gasteiger partial charge is 0.378 e. The highest BCUT2D eigenvalue weighted by Gasteiger charge is 2.08. The molecule has 0 radical (unpaired) electrons. The molecule has 0 bridgehead atoms. The smallest absolute Gasteiger partial charge is 0.141 e. The van der Waals surface area contributed by atoms with E-state index in [0.29, 0.717) is 6.42 Å². The molecule has 4 nitrogen and oxygen atoms in total. The minimum Gasteiger partial charge on any atom is -0.378 e. The van der Waals surface area contributed by atoms with Crippen LogP contribution in [0, 0.1) is 6.92 Å². The molecule has 0 saturated carbocycles. The van der Waals surface area contributed by atoms with E-state index in [2.05, 4.69) is 12.2 Å². The zero-order valence-corrected chi connectivity index (χ0v) is 11.1. The first-order valence-corrected chi connectivity index (χ1v) is 6.27. The van der Waals surface area contributed by atoms with Crippen LogP contribution >= 0.6 is 0 Å². The lowest BCUT2D eigenvalue weighted by molar-refractivity contribution is -0.120. The molecule has 0 aliphatic rings. The van der Waals surface area contributed by atoms with Crippen molar-refractivity contribution in [3.05, 3.63) is 34.9 Å². The number of aryl methyl sites for hydroxylation is 1. The topological polar surface area (TPSA) is 75.4 Å². The number of hydrogen-bond donors (Lipinski definition) is 3. The fraction of sp³-hybridized carbons (Fsp3) is 0.500. The summed E-state index contributed by atoms with van der Waals surface area (Å²) in [6.45, 7) is 5.89. The van der Waals surface area contributed by atoms with Gasteiger partial charge in [0, 0.05) is 19.4 Å². The highest BCUT2D eigenvalue weighted by molar-refractivity contribution is 5.81. The second-order valence-corrected chi connectivity index (χ2v) is 4.53. The minimum absolute atomic E-state index is 0.0121. The quantitative estimate of drug-likeness (QED) is 0.628. The number of nitrogens with two attached hydrogens (primary N) is 1. The van der Waals surface area contributed by atoms with E-state index in [4.69, 9.17) is 10.8 Å². The van der Waals surface area contributed by atoms with Crippen molar-refractivity contribution in [3.63, 3.8) is 0 Å². The summed E-state index contributed by atoms with van der Waals surface area (Å²) in [6.07, 6.45) is -0.707. The van der Waals surface area contributed by atoms with Crippen LogP contribution in [0.3, 0.4) is 0 Å². The third-order valence-corrected chi connectivity index (χ3v) is 2.81. The van der Waals surface area contributed by atoms with Gasteiger partial charge in [0.1, 0.15) is 12.0 Å². The first-order valence-electron chi connectivity index (χ1n) is 6.27. The number of benzene rings is 1.